The molecule has 10 heteroatoms. The van der Waals surface area contributed by atoms with Crippen LogP contribution < -0.4 is 5.43 Å². The highest BCUT2D eigenvalue weighted by molar-refractivity contribution is 5.75. The molecule has 2 unspecified atom stereocenters. The molecule has 18 heavy (non-hydrogen) atoms. The molecule has 0 aromatic carbocycles. The van der Waals surface area contributed by atoms with Crippen molar-refractivity contribution in [2.24, 2.45) is 0 Å². The van der Waals surface area contributed by atoms with E-state index in [9.17, 15) is 31.1 Å². The molecule has 1 rings (SSSR count). The molecule has 1 fully saturated rings. The third kappa shape index (κ3) is 2.14. The summed E-state index contributed by atoms with van der Waals surface area (Å²) in [6, 6.07) is -1.76. The van der Waals surface area contributed by atoms with Gasteiger partial charge in [0, 0.05) is 0 Å². The lowest BCUT2D eigenvalue weighted by atomic mass is 10.2. The van der Waals surface area contributed by atoms with Crippen LogP contribution in [-0.4, -0.2) is 41.6 Å². The smallest absolute Gasteiger partial charge is 0.433 e. The minimum Gasteiger partial charge on any atom is -0.465 e. The number of ether oxygens (including phenoxy) is 1. The van der Waals surface area contributed by atoms with Crippen LogP contribution in [0, 0.1) is 0 Å². The zero-order valence-corrected chi connectivity index (χ0v) is 9.26. The van der Waals surface area contributed by atoms with Crippen LogP contribution >= 0.6 is 0 Å². The van der Waals surface area contributed by atoms with Gasteiger partial charge in [0.1, 0.15) is 6.04 Å². The molecule has 0 spiro atoms. The highest BCUT2D eigenvalue weighted by atomic mass is 19.4. The minimum atomic E-state index is -5.65. The summed E-state index contributed by atoms with van der Waals surface area (Å²) in [5.74, 6) is -1.20. The van der Waals surface area contributed by atoms with Crippen molar-refractivity contribution in [3.05, 3.63) is 0 Å². The van der Waals surface area contributed by atoms with Crippen molar-refractivity contribution in [1.82, 2.24) is 10.4 Å². The summed E-state index contributed by atoms with van der Waals surface area (Å²) in [5.41, 5.74) is -1.88. The monoisotopic (exact) mass is 279 g/mol. The summed E-state index contributed by atoms with van der Waals surface area (Å²) >= 11 is 0. The van der Waals surface area contributed by atoms with Gasteiger partial charge < -0.3 is 4.74 Å². The average Bonchev–Trinajstić information content (AvgIpc) is 2.90. The molecule has 1 saturated heterocycles. The zero-order chi connectivity index (χ0) is 14.4. The normalized spacial score (nSPS) is 24.6. The van der Waals surface area contributed by atoms with Gasteiger partial charge in [0.2, 0.25) is 0 Å². The van der Waals surface area contributed by atoms with Crippen molar-refractivity contribution >= 4 is 5.97 Å². The van der Waals surface area contributed by atoms with Crippen LogP contribution in [-0.2, 0) is 9.53 Å². The molecule has 0 aromatic rings. The summed E-state index contributed by atoms with van der Waals surface area (Å²) in [7, 11) is 0. The first-order valence-electron chi connectivity index (χ1n) is 4.81. The Labute approximate surface area is 97.8 Å². The second-order valence-corrected chi connectivity index (χ2v) is 3.54. The Morgan fingerprint density at radius 1 is 1.28 bits per heavy atom. The Morgan fingerprint density at radius 3 is 2.00 bits per heavy atom. The van der Waals surface area contributed by atoms with E-state index in [1.165, 1.54) is 6.92 Å². The minimum absolute atomic E-state index is 0.151. The second-order valence-electron chi connectivity index (χ2n) is 3.54. The summed E-state index contributed by atoms with van der Waals surface area (Å²) in [4.78, 5) is 11.1. The van der Waals surface area contributed by atoms with E-state index in [0.717, 1.165) is 6.92 Å². The molecular weight excluding hydrogens is 270 g/mol. The van der Waals surface area contributed by atoms with Crippen LogP contribution in [0.4, 0.5) is 26.3 Å². The maximum Gasteiger partial charge on any atom is 0.433 e. The molecule has 1 heterocycles. The highest BCUT2D eigenvalue weighted by Crippen LogP contribution is 2.54. The third-order valence-corrected chi connectivity index (χ3v) is 2.33. The first-order chi connectivity index (χ1) is 7.99. The molecule has 1 radical (unpaired) electrons. The van der Waals surface area contributed by atoms with Crippen molar-refractivity contribution in [1.29, 1.82) is 0 Å². The number of rotatable bonds is 3. The number of nitrogens with zero attached hydrogens (tertiary/aromatic N) is 2. The van der Waals surface area contributed by atoms with Crippen LogP contribution in [0.15, 0.2) is 0 Å². The van der Waals surface area contributed by atoms with Gasteiger partial charge in [0.05, 0.1) is 6.61 Å². The number of carbonyl (C=O) groups is 1. The van der Waals surface area contributed by atoms with Gasteiger partial charge in [0.15, 0.2) is 0 Å². The highest BCUT2D eigenvalue weighted by Gasteiger charge is 2.87. The van der Waals surface area contributed by atoms with Crippen LogP contribution in [0.5, 0.6) is 0 Å². The van der Waals surface area contributed by atoms with Crippen LogP contribution in [0.1, 0.15) is 13.8 Å². The van der Waals surface area contributed by atoms with Gasteiger partial charge in [-0.1, -0.05) is 0 Å². The molecular formula is C8H9F6N2O2. The fraction of sp³-hybridized carbons (Fsp3) is 0.875. The molecule has 0 N–H and O–H groups in total. The van der Waals surface area contributed by atoms with E-state index in [0.29, 0.717) is 0 Å². The number of hydrogen-bond donors (Lipinski definition) is 0. The summed E-state index contributed by atoms with van der Waals surface area (Å²) < 4.78 is 79.0. The van der Waals surface area contributed by atoms with Crippen LogP contribution in [0.3, 0.4) is 0 Å². The first kappa shape index (κ1) is 15.0. The number of alkyl halides is 6. The SMILES string of the molecule is CCOC(=O)C(C)N1[N]C1(C(F)(F)F)C(F)(F)F. The Kier molecular flexibility index (Phi) is 3.56. The van der Waals surface area contributed by atoms with Crippen LogP contribution in [0.2, 0.25) is 0 Å². The molecule has 1 aliphatic rings. The van der Waals surface area contributed by atoms with Crippen molar-refractivity contribution in [3.8, 4) is 0 Å². The molecule has 1 aliphatic heterocycles. The Bertz CT molecular complexity index is 325. The van der Waals surface area contributed by atoms with Crippen molar-refractivity contribution in [2.45, 2.75) is 37.9 Å². The second kappa shape index (κ2) is 4.26. The summed E-state index contributed by atoms with van der Waals surface area (Å²) in [5, 5.41) is -0.328. The molecule has 2 atom stereocenters. The summed E-state index contributed by atoms with van der Waals surface area (Å²) in [6.07, 6.45) is -11.3. The van der Waals surface area contributed by atoms with Gasteiger partial charge in [-0.3, -0.25) is 4.79 Å². The third-order valence-electron chi connectivity index (χ3n) is 2.33. The molecule has 0 aromatic heterocycles. The largest absolute Gasteiger partial charge is 0.465 e. The fourth-order valence-corrected chi connectivity index (χ4v) is 1.40. The molecule has 105 valence electrons. The molecule has 0 amide bonds. The fourth-order valence-electron chi connectivity index (χ4n) is 1.40. The van der Waals surface area contributed by atoms with E-state index in [1.54, 1.807) is 0 Å². The van der Waals surface area contributed by atoms with E-state index < -0.39 is 30.0 Å². The van der Waals surface area contributed by atoms with Crippen molar-refractivity contribution in [2.75, 3.05) is 6.61 Å². The van der Waals surface area contributed by atoms with E-state index in [-0.39, 0.29) is 11.6 Å². The quantitative estimate of drug-likeness (QED) is 0.447. The number of halogens is 6. The number of carbonyl (C=O) groups excluding carboxylic acids is 1. The van der Waals surface area contributed by atoms with Gasteiger partial charge in [-0.15, -0.1) is 5.43 Å². The van der Waals surface area contributed by atoms with Crippen LogP contribution in [0.25, 0.3) is 0 Å². The van der Waals surface area contributed by atoms with Gasteiger partial charge in [-0.2, -0.15) is 31.4 Å². The van der Waals surface area contributed by atoms with Crippen molar-refractivity contribution in [3.63, 3.8) is 0 Å². The van der Waals surface area contributed by atoms with Gasteiger partial charge >= 0.3 is 24.0 Å². The molecule has 4 nitrogen and oxygen atoms in total. The van der Waals surface area contributed by atoms with Gasteiger partial charge in [-0.25, -0.2) is 0 Å². The summed E-state index contributed by atoms with van der Waals surface area (Å²) in [6.45, 7) is 2.09. The van der Waals surface area contributed by atoms with Crippen molar-refractivity contribution < 1.29 is 35.9 Å². The van der Waals surface area contributed by atoms with E-state index in [1.807, 2.05) is 0 Å². The Morgan fingerprint density at radius 2 is 1.72 bits per heavy atom. The van der Waals surface area contributed by atoms with Gasteiger partial charge in [0.25, 0.3) is 0 Å². The van der Waals surface area contributed by atoms with E-state index >= 15 is 0 Å². The molecule has 0 aliphatic carbocycles. The van der Waals surface area contributed by atoms with Gasteiger partial charge in [-0.05, 0) is 13.8 Å². The first-order valence-corrected chi connectivity index (χ1v) is 4.81. The maximum absolute atomic E-state index is 12.4. The lowest BCUT2D eigenvalue weighted by Gasteiger charge is -2.22. The predicted molar refractivity (Wildman–Crippen MR) is 44.9 cm³/mol. The molecule has 0 saturated carbocycles. The standard InChI is InChI=1S/C8H9F6N2O2/c1-3-18-5(17)4(2)16-6(15-16,7(9,10)11)8(12,13)14/h4H,3H2,1-2H3. The van der Waals surface area contributed by atoms with E-state index in [2.05, 4.69) is 10.2 Å². The Hall–Kier alpha value is -1.03. The topological polar surface area (TPSA) is 43.4 Å². The Balaban J connectivity index is 2.94. The number of hydrogen-bond acceptors (Lipinski definition) is 3. The average molecular weight is 279 g/mol. The molecule has 0 bridgehead atoms. The maximum atomic E-state index is 12.4. The lowest BCUT2D eigenvalue weighted by molar-refractivity contribution is -0.281. The van der Waals surface area contributed by atoms with E-state index in [4.69, 9.17) is 0 Å². The predicted octanol–water partition coefficient (Wildman–Crippen LogP) is 1.59. The number of esters is 1. The zero-order valence-electron chi connectivity index (χ0n) is 9.26. The lowest BCUT2D eigenvalue weighted by Crippen LogP contribution is -2.52.